The van der Waals surface area contributed by atoms with E-state index in [1.54, 1.807) is 6.92 Å². The summed E-state index contributed by atoms with van der Waals surface area (Å²) in [6.07, 6.45) is 5.86. The van der Waals surface area contributed by atoms with Crippen LogP contribution in [0.2, 0.25) is 0 Å². The Kier molecular flexibility index (Phi) is 5.04. The lowest BCUT2D eigenvalue weighted by atomic mass is 10.1. The van der Waals surface area contributed by atoms with Crippen LogP contribution in [0.4, 0.5) is 0 Å². The lowest BCUT2D eigenvalue weighted by Gasteiger charge is -2.07. The van der Waals surface area contributed by atoms with Crippen molar-refractivity contribution in [3.05, 3.63) is 64.9 Å². The molecule has 0 saturated carbocycles. The molecular weight excluding hydrogens is 366 g/mol. The van der Waals surface area contributed by atoms with Crippen LogP contribution in [-0.2, 0) is 16.4 Å². The van der Waals surface area contributed by atoms with Crippen molar-refractivity contribution in [2.24, 2.45) is 0 Å². The average Bonchev–Trinajstić information content (AvgIpc) is 2.98. The van der Waals surface area contributed by atoms with Crippen molar-refractivity contribution in [1.29, 1.82) is 0 Å². The van der Waals surface area contributed by atoms with Gasteiger partial charge in [0.15, 0.2) is 0 Å². The molecule has 2 aromatic carbocycles. The van der Waals surface area contributed by atoms with E-state index in [9.17, 15) is 13.2 Å². The second-order valence-electron chi connectivity index (χ2n) is 6.01. The summed E-state index contributed by atoms with van der Waals surface area (Å²) >= 11 is 0. The van der Waals surface area contributed by atoms with Crippen LogP contribution in [0, 0.1) is 19.3 Å². The minimum Gasteiger partial charge on any atom is -0.475 e. The second kappa shape index (κ2) is 7.27. The predicted octanol–water partition coefficient (Wildman–Crippen LogP) is 2.94. The lowest BCUT2D eigenvalue weighted by molar-refractivity contribution is 0.0664. The maximum Gasteiger partial charge on any atom is 0.372 e. The van der Waals surface area contributed by atoms with Crippen LogP contribution in [0.5, 0.6) is 0 Å². The number of aromatic carboxylic acids is 1. The fraction of sp³-hybridized carbons (Fsp3) is 0.150. The molecule has 0 fully saturated rings. The number of carbonyl (C=O) groups is 1. The Balaban J connectivity index is 1.79. The number of sulfonamides is 1. The summed E-state index contributed by atoms with van der Waals surface area (Å²) < 4.78 is 32.9. The Morgan fingerprint density at radius 1 is 1.26 bits per heavy atom. The molecule has 0 saturated heterocycles. The number of hydrogen-bond donors (Lipinski definition) is 2. The van der Waals surface area contributed by atoms with E-state index in [1.807, 2.05) is 24.3 Å². The molecule has 0 atom stereocenters. The third-order valence-electron chi connectivity index (χ3n) is 4.21. The van der Waals surface area contributed by atoms with Gasteiger partial charge in [0.1, 0.15) is 5.58 Å². The molecule has 0 spiro atoms. The van der Waals surface area contributed by atoms with Crippen molar-refractivity contribution in [1.82, 2.24) is 4.72 Å². The molecule has 0 aliphatic rings. The third-order valence-corrected chi connectivity index (χ3v) is 5.67. The first-order valence-corrected chi connectivity index (χ1v) is 9.62. The number of fused-ring (bicyclic) bond motifs is 1. The molecule has 0 aliphatic heterocycles. The minimum atomic E-state index is -3.74. The normalized spacial score (nSPS) is 11.4. The summed E-state index contributed by atoms with van der Waals surface area (Å²) in [6.45, 7) is 1.79. The molecule has 1 aromatic heterocycles. The van der Waals surface area contributed by atoms with Gasteiger partial charge >= 0.3 is 5.97 Å². The van der Waals surface area contributed by atoms with Crippen LogP contribution in [0.3, 0.4) is 0 Å². The molecule has 27 heavy (non-hydrogen) atoms. The van der Waals surface area contributed by atoms with E-state index in [4.69, 9.17) is 15.9 Å². The number of benzene rings is 2. The zero-order chi connectivity index (χ0) is 19.6. The maximum atomic E-state index is 12.6. The topological polar surface area (TPSA) is 96.6 Å². The van der Waals surface area contributed by atoms with Crippen molar-refractivity contribution in [3.63, 3.8) is 0 Å². The maximum absolute atomic E-state index is 12.6. The van der Waals surface area contributed by atoms with Crippen LogP contribution in [0.25, 0.3) is 11.0 Å². The first-order valence-electron chi connectivity index (χ1n) is 8.13. The van der Waals surface area contributed by atoms with Crippen molar-refractivity contribution in [2.45, 2.75) is 18.2 Å². The number of rotatable bonds is 6. The van der Waals surface area contributed by atoms with E-state index in [2.05, 4.69) is 10.6 Å². The van der Waals surface area contributed by atoms with Gasteiger partial charge in [0.25, 0.3) is 0 Å². The van der Waals surface area contributed by atoms with Gasteiger partial charge in [-0.25, -0.2) is 17.9 Å². The Morgan fingerprint density at radius 2 is 2.04 bits per heavy atom. The molecule has 7 heteroatoms. The van der Waals surface area contributed by atoms with Crippen molar-refractivity contribution >= 4 is 27.0 Å². The number of aryl methyl sites for hydroxylation is 1. The summed E-state index contributed by atoms with van der Waals surface area (Å²) in [5, 5.41) is 9.58. The monoisotopic (exact) mass is 383 g/mol. The minimum absolute atomic E-state index is 0.0493. The highest BCUT2D eigenvalue weighted by molar-refractivity contribution is 7.89. The van der Waals surface area contributed by atoms with Crippen molar-refractivity contribution < 1.29 is 22.7 Å². The van der Waals surface area contributed by atoms with Gasteiger partial charge < -0.3 is 9.52 Å². The molecule has 3 aromatic rings. The van der Waals surface area contributed by atoms with E-state index in [0.717, 1.165) is 11.1 Å². The van der Waals surface area contributed by atoms with Crippen LogP contribution < -0.4 is 4.72 Å². The molecule has 0 radical (unpaired) electrons. The molecule has 0 amide bonds. The number of carboxylic acids is 1. The highest BCUT2D eigenvalue weighted by Crippen LogP contribution is 2.27. The highest BCUT2D eigenvalue weighted by Gasteiger charge is 2.20. The van der Waals surface area contributed by atoms with Gasteiger partial charge in [-0.1, -0.05) is 18.1 Å². The standard InChI is InChI=1S/C20H17NO5S/c1-3-14-5-4-6-15(11-14)9-10-21-27(24,25)16-7-8-18-17(12-16)13(2)19(26-18)20(22)23/h1,4-8,11-12,21H,9-10H2,2H3,(H,22,23). The van der Waals surface area contributed by atoms with E-state index in [0.29, 0.717) is 23.0 Å². The summed E-state index contributed by atoms with van der Waals surface area (Å²) in [5.41, 5.74) is 2.39. The second-order valence-corrected chi connectivity index (χ2v) is 7.78. The number of nitrogens with one attached hydrogen (secondary N) is 1. The van der Waals surface area contributed by atoms with Crippen LogP contribution in [0.1, 0.15) is 27.2 Å². The molecular formula is C20H17NO5S. The number of carboxylic acid groups (broad SMARTS) is 1. The largest absolute Gasteiger partial charge is 0.475 e. The Labute approximate surface area is 156 Å². The van der Waals surface area contributed by atoms with E-state index >= 15 is 0 Å². The summed E-state index contributed by atoms with van der Waals surface area (Å²) in [7, 11) is -3.74. The first-order chi connectivity index (χ1) is 12.8. The van der Waals surface area contributed by atoms with E-state index < -0.39 is 16.0 Å². The summed E-state index contributed by atoms with van der Waals surface area (Å²) in [5.74, 6) is 1.16. The lowest BCUT2D eigenvalue weighted by Crippen LogP contribution is -2.26. The Morgan fingerprint density at radius 3 is 2.74 bits per heavy atom. The molecule has 1 heterocycles. The fourth-order valence-corrected chi connectivity index (χ4v) is 3.86. The zero-order valence-corrected chi connectivity index (χ0v) is 15.3. The fourth-order valence-electron chi connectivity index (χ4n) is 2.80. The van der Waals surface area contributed by atoms with Crippen LogP contribution in [0.15, 0.2) is 51.8 Å². The van der Waals surface area contributed by atoms with Gasteiger partial charge in [-0.15, -0.1) is 6.42 Å². The smallest absolute Gasteiger partial charge is 0.372 e. The van der Waals surface area contributed by atoms with Gasteiger partial charge in [-0.3, -0.25) is 0 Å². The van der Waals surface area contributed by atoms with Gasteiger partial charge in [0.05, 0.1) is 4.90 Å². The highest BCUT2D eigenvalue weighted by atomic mass is 32.2. The van der Waals surface area contributed by atoms with Gasteiger partial charge in [-0.05, 0) is 49.2 Å². The number of terminal acetylenes is 1. The van der Waals surface area contributed by atoms with E-state index in [-0.39, 0.29) is 17.2 Å². The van der Waals surface area contributed by atoms with Crippen LogP contribution >= 0.6 is 0 Å². The third kappa shape index (κ3) is 3.87. The van der Waals surface area contributed by atoms with Gasteiger partial charge in [-0.2, -0.15) is 0 Å². The summed E-state index contributed by atoms with van der Waals surface area (Å²) in [4.78, 5) is 11.2. The quantitative estimate of drug-likeness (QED) is 0.638. The number of furan rings is 1. The van der Waals surface area contributed by atoms with Gasteiger partial charge in [0, 0.05) is 23.1 Å². The molecule has 6 nitrogen and oxygen atoms in total. The van der Waals surface area contributed by atoms with E-state index in [1.165, 1.54) is 18.2 Å². The molecule has 3 rings (SSSR count). The van der Waals surface area contributed by atoms with Gasteiger partial charge in [0.2, 0.25) is 15.8 Å². The molecule has 2 N–H and O–H groups in total. The first kappa shape index (κ1) is 18.7. The zero-order valence-electron chi connectivity index (χ0n) is 14.5. The van der Waals surface area contributed by atoms with Crippen molar-refractivity contribution in [2.75, 3.05) is 6.54 Å². The van der Waals surface area contributed by atoms with Crippen molar-refractivity contribution in [3.8, 4) is 12.3 Å². The average molecular weight is 383 g/mol. The molecule has 138 valence electrons. The SMILES string of the molecule is C#Cc1cccc(CCNS(=O)(=O)c2ccc3oc(C(=O)O)c(C)c3c2)c1. The molecule has 0 unspecified atom stereocenters. The molecule has 0 aliphatic carbocycles. The Hall–Kier alpha value is -3.08. The summed E-state index contributed by atoms with van der Waals surface area (Å²) in [6, 6.07) is 11.6. The number of hydrogen-bond acceptors (Lipinski definition) is 4. The van der Waals surface area contributed by atoms with Crippen LogP contribution in [-0.4, -0.2) is 26.0 Å². The predicted molar refractivity (Wildman–Crippen MR) is 101 cm³/mol. The molecule has 0 bridgehead atoms. The Bertz CT molecular complexity index is 1170.